The second-order valence-electron chi connectivity index (χ2n) is 5.53. The Hall–Kier alpha value is -2.22. The summed E-state index contributed by atoms with van der Waals surface area (Å²) in [6, 6.07) is 7.01. The van der Waals surface area contributed by atoms with Gasteiger partial charge in [-0.2, -0.15) is 5.10 Å². The molecule has 2 heterocycles. The van der Waals surface area contributed by atoms with Crippen LogP contribution >= 0.6 is 0 Å². The largest absolute Gasteiger partial charge is 0.493 e. The van der Waals surface area contributed by atoms with Gasteiger partial charge in [0.2, 0.25) is 0 Å². The predicted octanol–water partition coefficient (Wildman–Crippen LogP) is 1.51. The van der Waals surface area contributed by atoms with E-state index in [-0.39, 0.29) is 17.5 Å². The Morgan fingerprint density at radius 2 is 1.96 bits per heavy atom. The van der Waals surface area contributed by atoms with Gasteiger partial charge in [0.05, 0.1) is 37.5 Å². The van der Waals surface area contributed by atoms with Crippen molar-refractivity contribution in [2.75, 3.05) is 31.5 Å². The molecule has 3 rings (SSSR count). The van der Waals surface area contributed by atoms with Gasteiger partial charge in [0.25, 0.3) is 0 Å². The van der Waals surface area contributed by atoms with Crippen molar-refractivity contribution in [1.82, 2.24) is 9.78 Å². The number of anilines is 1. The van der Waals surface area contributed by atoms with E-state index in [0.717, 1.165) is 5.56 Å². The molecule has 7 nitrogen and oxygen atoms in total. The first-order chi connectivity index (χ1) is 10.9. The fourth-order valence-corrected chi connectivity index (χ4v) is 4.50. The van der Waals surface area contributed by atoms with E-state index in [0.29, 0.717) is 29.4 Å². The molecule has 1 aromatic carbocycles. The predicted molar refractivity (Wildman–Crippen MR) is 87.5 cm³/mol. The third-order valence-electron chi connectivity index (χ3n) is 4.00. The summed E-state index contributed by atoms with van der Waals surface area (Å²) in [4.78, 5) is 0. The summed E-state index contributed by atoms with van der Waals surface area (Å²) < 4.78 is 35.4. The Morgan fingerprint density at radius 3 is 2.57 bits per heavy atom. The summed E-state index contributed by atoms with van der Waals surface area (Å²) in [6.45, 7) is 0. The van der Waals surface area contributed by atoms with E-state index in [9.17, 15) is 8.42 Å². The van der Waals surface area contributed by atoms with E-state index >= 15 is 0 Å². The quantitative estimate of drug-likeness (QED) is 0.908. The first-order valence-corrected chi connectivity index (χ1v) is 9.03. The molecule has 8 heteroatoms. The van der Waals surface area contributed by atoms with E-state index in [1.807, 2.05) is 12.1 Å². The van der Waals surface area contributed by atoms with Gasteiger partial charge in [-0.15, -0.1) is 0 Å². The van der Waals surface area contributed by atoms with Crippen LogP contribution in [0, 0.1) is 0 Å². The van der Waals surface area contributed by atoms with Crippen LogP contribution in [-0.4, -0.2) is 43.9 Å². The van der Waals surface area contributed by atoms with Crippen molar-refractivity contribution in [2.24, 2.45) is 0 Å². The highest BCUT2D eigenvalue weighted by molar-refractivity contribution is 7.91. The van der Waals surface area contributed by atoms with Gasteiger partial charge >= 0.3 is 0 Å². The number of rotatable bonds is 4. The van der Waals surface area contributed by atoms with Crippen molar-refractivity contribution in [2.45, 2.75) is 12.5 Å². The normalized spacial score (nSPS) is 19.7. The second-order valence-corrected chi connectivity index (χ2v) is 7.75. The lowest BCUT2D eigenvalue weighted by Crippen LogP contribution is -2.14. The highest BCUT2D eigenvalue weighted by Gasteiger charge is 2.31. The van der Waals surface area contributed by atoms with Crippen LogP contribution < -0.4 is 15.2 Å². The number of nitrogen functional groups attached to an aromatic ring is 1. The molecule has 1 aliphatic heterocycles. The van der Waals surface area contributed by atoms with Crippen LogP contribution in [0.4, 0.5) is 5.82 Å². The van der Waals surface area contributed by atoms with Crippen LogP contribution in [0.3, 0.4) is 0 Å². The highest BCUT2D eigenvalue weighted by atomic mass is 32.2. The molecule has 1 aliphatic rings. The molecule has 1 atom stereocenters. The number of sulfone groups is 1. The minimum absolute atomic E-state index is 0.0876. The van der Waals surface area contributed by atoms with Gasteiger partial charge < -0.3 is 15.2 Å². The lowest BCUT2D eigenvalue weighted by Gasteiger charge is -2.10. The Bertz CT molecular complexity index is 829. The topological polar surface area (TPSA) is 96.4 Å². The molecular weight excluding hydrogens is 318 g/mol. The molecule has 2 N–H and O–H groups in total. The van der Waals surface area contributed by atoms with Crippen molar-refractivity contribution in [3.05, 3.63) is 24.3 Å². The third-order valence-corrected chi connectivity index (χ3v) is 5.75. The molecule has 1 saturated heterocycles. The summed E-state index contributed by atoms with van der Waals surface area (Å²) in [5.41, 5.74) is 7.53. The number of ether oxygens (including phenoxy) is 2. The van der Waals surface area contributed by atoms with Crippen molar-refractivity contribution in [3.63, 3.8) is 0 Å². The smallest absolute Gasteiger partial charge is 0.161 e. The van der Waals surface area contributed by atoms with Gasteiger partial charge in [-0.1, -0.05) is 0 Å². The minimum atomic E-state index is -2.99. The summed E-state index contributed by atoms with van der Waals surface area (Å²) in [5.74, 6) is 1.95. The molecule has 0 saturated carbocycles. The number of nitrogens with two attached hydrogens (primary N) is 1. The number of benzene rings is 1. The molecule has 0 bridgehead atoms. The van der Waals surface area contributed by atoms with Crippen molar-refractivity contribution >= 4 is 15.7 Å². The van der Waals surface area contributed by atoms with Crippen LogP contribution in [0.25, 0.3) is 11.3 Å². The van der Waals surface area contributed by atoms with Crippen LogP contribution in [0.15, 0.2) is 24.3 Å². The second kappa shape index (κ2) is 5.77. The van der Waals surface area contributed by atoms with Crippen LogP contribution in [0.2, 0.25) is 0 Å². The maximum absolute atomic E-state index is 11.6. The van der Waals surface area contributed by atoms with E-state index in [1.165, 1.54) is 0 Å². The fraction of sp³-hybridized carbons (Fsp3) is 0.400. The number of nitrogens with zero attached hydrogens (tertiary/aromatic N) is 2. The maximum atomic E-state index is 11.6. The van der Waals surface area contributed by atoms with E-state index in [4.69, 9.17) is 15.2 Å². The molecule has 0 aliphatic carbocycles. The van der Waals surface area contributed by atoms with Gasteiger partial charge in [0, 0.05) is 11.6 Å². The molecule has 1 fully saturated rings. The highest BCUT2D eigenvalue weighted by Crippen LogP contribution is 2.33. The standard InChI is InChI=1S/C15H19N3O4S/c1-21-13-4-3-10(7-14(13)22-2)12-8-15(16)18(17-12)11-5-6-23(19,20)9-11/h3-4,7-8,11H,5-6,9,16H2,1-2H3/t11-/m0/s1. The number of hydrogen-bond donors (Lipinski definition) is 1. The van der Waals surface area contributed by atoms with E-state index < -0.39 is 9.84 Å². The van der Waals surface area contributed by atoms with Crippen LogP contribution in [-0.2, 0) is 9.84 Å². The molecule has 0 radical (unpaired) electrons. The van der Waals surface area contributed by atoms with Gasteiger partial charge in [0.1, 0.15) is 5.82 Å². The molecular formula is C15H19N3O4S. The lowest BCUT2D eigenvalue weighted by molar-refractivity contribution is 0.355. The summed E-state index contributed by atoms with van der Waals surface area (Å²) in [6.07, 6.45) is 0.541. The van der Waals surface area contributed by atoms with E-state index in [1.54, 1.807) is 31.0 Å². The molecule has 1 aromatic heterocycles. The summed E-state index contributed by atoms with van der Waals surface area (Å²) >= 11 is 0. The van der Waals surface area contributed by atoms with Crippen molar-refractivity contribution in [1.29, 1.82) is 0 Å². The molecule has 23 heavy (non-hydrogen) atoms. The Kier molecular flexibility index (Phi) is 3.93. The molecule has 124 valence electrons. The zero-order valence-corrected chi connectivity index (χ0v) is 13.8. The first-order valence-electron chi connectivity index (χ1n) is 7.21. The van der Waals surface area contributed by atoms with Crippen molar-refractivity contribution < 1.29 is 17.9 Å². The van der Waals surface area contributed by atoms with Crippen molar-refractivity contribution in [3.8, 4) is 22.8 Å². The van der Waals surface area contributed by atoms with Crippen LogP contribution in [0.5, 0.6) is 11.5 Å². The Morgan fingerprint density at radius 1 is 1.22 bits per heavy atom. The molecule has 0 spiro atoms. The van der Waals surface area contributed by atoms with Gasteiger partial charge in [-0.3, -0.25) is 0 Å². The lowest BCUT2D eigenvalue weighted by atomic mass is 10.1. The molecule has 0 amide bonds. The Labute approximate surface area is 134 Å². The summed E-state index contributed by atoms with van der Waals surface area (Å²) in [5, 5.41) is 4.49. The maximum Gasteiger partial charge on any atom is 0.161 e. The summed E-state index contributed by atoms with van der Waals surface area (Å²) in [7, 11) is 0.153. The number of hydrogen-bond acceptors (Lipinski definition) is 6. The average Bonchev–Trinajstić information content (AvgIpc) is 3.08. The first kappa shape index (κ1) is 15.7. The third kappa shape index (κ3) is 2.98. The van der Waals surface area contributed by atoms with Gasteiger partial charge in [-0.25, -0.2) is 13.1 Å². The average molecular weight is 337 g/mol. The van der Waals surface area contributed by atoms with Gasteiger partial charge in [0.15, 0.2) is 21.3 Å². The van der Waals surface area contributed by atoms with Gasteiger partial charge in [-0.05, 0) is 24.6 Å². The Balaban J connectivity index is 1.95. The SMILES string of the molecule is COc1ccc(-c2cc(N)n([C@H]3CCS(=O)(=O)C3)n2)cc1OC. The number of methoxy groups -OCH3 is 2. The molecule has 2 aromatic rings. The zero-order chi connectivity index (χ0) is 16.6. The zero-order valence-electron chi connectivity index (χ0n) is 13.0. The van der Waals surface area contributed by atoms with E-state index in [2.05, 4.69) is 5.10 Å². The monoisotopic (exact) mass is 337 g/mol. The minimum Gasteiger partial charge on any atom is -0.493 e. The number of aromatic nitrogens is 2. The van der Waals surface area contributed by atoms with Crippen LogP contribution in [0.1, 0.15) is 12.5 Å². The fourth-order valence-electron chi connectivity index (χ4n) is 2.81. The molecule has 0 unspecified atom stereocenters.